The number of benzene rings is 1. The van der Waals surface area contributed by atoms with Gasteiger partial charge in [-0.15, -0.1) is 0 Å². The summed E-state index contributed by atoms with van der Waals surface area (Å²) in [6.07, 6.45) is -3.06. The molecule has 0 saturated heterocycles. The third-order valence-corrected chi connectivity index (χ3v) is 8.90. The van der Waals surface area contributed by atoms with Crippen LogP contribution in [-0.4, -0.2) is 98.1 Å². The zero-order chi connectivity index (χ0) is 34.3. The number of carboxylic acid groups (broad SMARTS) is 2. The number of ether oxygens (including phenoxy) is 2. The number of aliphatic carboxylic acids is 2. The van der Waals surface area contributed by atoms with E-state index in [0.717, 1.165) is 11.8 Å². The fraction of sp³-hybridized carbons (Fsp3) is 0.517. The molecular formula is C29H37N3O13S. The summed E-state index contributed by atoms with van der Waals surface area (Å²) in [5.74, 6) is -5.64. The highest BCUT2D eigenvalue weighted by Gasteiger charge is 2.50. The monoisotopic (exact) mass is 667 g/mol. The molecule has 16 nitrogen and oxygen atoms in total. The number of carbonyl (C=O) groups excluding carboxylic acids is 3. The fourth-order valence-corrected chi connectivity index (χ4v) is 5.61. The third-order valence-electron chi connectivity index (χ3n) is 7.44. The van der Waals surface area contributed by atoms with Gasteiger partial charge in [-0.05, 0) is 31.5 Å². The molecule has 252 valence electrons. The van der Waals surface area contributed by atoms with Gasteiger partial charge in [0.2, 0.25) is 11.8 Å². The largest absolute Gasteiger partial charge is 0.482 e. The van der Waals surface area contributed by atoms with Gasteiger partial charge in [0.15, 0.2) is 12.2 Å². The van der Waals surface area contributed by atoms with E-state index in [0.29, 0.717) is 5.39 Å². The van der Waals surface area contributed by atoms with Crippen LogP contribution in [0.1, 0.15) is 45.3 Å². The minimum atomic E-state index is -1.88. The van der Waals surface area contributed by atoms with E-state index in [1.165, 1.54) is 19.1 Å². The lowest BCUT2D eigenvalue weighted by Gasteiger charge is -2.32. The maximum absolute atomic E-state index is 13.5. The Morgan fingerprint density at radius 3 is 2.43 bits per heavy atom. The first kappa shape index (κ1) is 36.3. The second-order valence-electron chi connectivity index (χ2n) is 11.1. The predicted octanol–water partition coefficient (Wildman–Crippen LogP) is -0.483. The molecule has 7 atom stereocenters. The normalized spacial score (nSPS) is 19.4. The first-order valence-corrected chi connectivity index (χ1v) is 15.3. The minimum Gasteiger partial charge on any atom is -0.482 e. The standard InChI is InChI=1S/C29H37N3O13S/c1-13(14(2)46-11-17(26(38)31-10-20(35)36)32-19(34)8-6-16(30)27(39)40)28(41)45-24-22-18(43-25(24)29(3,42)12-33)7-4-15-5-9-21(37)44-23(15)22/h4-5,7,9,13-14,16-17,24-25,33,42H,6,8,10-12,30H2,1-3H3,(H,31,38)(H,32,34)(H,35,36)(H,39,40). The second-order valence-corrected chi connectivity index (χ2v) is 12.5. The van der Waals surface area contributed by atoms with Crippen LogP contribution in [0.5, 0.6) is 5.75 Å². The van der Waals surface area contributed by atoms with Gasteiger partial charge >= 0.3 is 23.5 Å². The topological polar surface area (TPSA) is 265 Å². The third kappa shape index (κ3) is 8.96. The number of hydrogen-bond acceptors (Lipinski definition) is 13. The van der Waals surface area contributed by atoms with Crippen LogP contribution < -0.4 is 26.7 Å². The summed E-state index contributed by atoms with van der Waals surface area (Å²) < 4.78 is 17.1. The second kappa shape index (κ2) is 15.4. The molecule has 1 aromatic heterocycles. The summed E-state index contributed by atoms with van der Waals surface area (Å²) in [6, 6.07) is 3.39. The molecule has 2 heterocycles. The van der Waals surface area contributed by atoms with Crippen molar-refractivity contribution in [2.45, 2.75) is 68.8 Å². The lowest BCUT2D eigenvalue weighted by molar-refractivity contribution is -0.168. The smallest absolute Gasteiger partial charge is 0.336 e. The fourth-order valence-electron chi connectivity index (χ4n) is 4.48. The van der Waals surface area contributed by atoms with Crippen LogP contribution in [-0.2, 0) is 28.7 Å². The van der Waals surface area contributed by atoms with E-state index in [9.17, 15) is 39.0 Å². The molecule has 1 aliphatic heterocycles. The van der Waals surface area contributed by atoms with Crippen molar-refractivity contribution in [1.82, 2.24) is 10.6 Å². The van der Waals surface area contributed by atoms with Gasteiger partial charge in [0, 0.05) is 28.9 Å². The molecule has 0 saturated carbocycles. The van der Waals surface area contributed by atoms with E-state index < -0.39 is 89.6 Å². The SMILES string of the molecule is CC(SCC(NC(=O)CCC(N)C(=O)O)C(=O)NCC(=O)O)C(C)C(=O)OC1c2c(ccc3ccc(=O)oc23)OC1C(C)(O)CO. The van der Waals surface area contributed by atoms with Crippen LogP contribution in [0.4, 0.5) is 0 Å². The zero-order valence-electron chi connectivity index (χ0n) is 25.3. The molecule has 46 heavy (non-hydrogen) atoms. The minimum absolute atomic E-state index is 0.0874. The number of hydrogen-bond donors (Lipinski definition) is 7. The van der Waals surface area contributed by atoms with Gasteiger partial charge in [0.05, 0.1) is 18.1 Å². The van der Waals surface area contributed by atoms with Gasteiger partial charge in [-0.2, -0.15) is 11.8 Å². The summed E-state index contributed by atoms with van der Waals surface area (Å²) in [6.45, 7) is 3.04. The van der Waals surface area contributed by atoms with Crippen LogP contribution >= 0.6 is 11.8 Å². The molecule has 0 bridgehead atoms. The van der Waals surface area contributed by atoms with Gasteiger partial charge in [0.25, 0.3) is 0 Å². The number of amides is 2. The maximum atomic E-state index is 13.5. The number of nitrogens with one attached hydrogen (secondary N) is 2. The molecule has 8 N–H and O–H groups in total. The molecule has 1 aromatic carbocycles. The summed E-state index contributed by atoms with van der Waals surface area (Å²) in [4.78, 5) is 72.5. The number of fused-ring (bicyclic) bond motifs is 3. The number of rotatable bonds is 16. The van der Waals surface area contributed by atoms with E-state index in [-0.39, 0.29) is 35.5 Å². The Hall–Kier alpha value is -4.19. The van der Waals surface area contributed by atoms with Crippen molar-refractivity contribution in [2.24, 2.45) is 11.7 Å². The van der Waals surface area contributed by atoms with Crippen LogP contribution in [0.25, 0.3) is 11.0 Å². The Morgan fingerprint density at radius 2 is 1.80 bits per heavy atom. The van der Waals surface area contributed by atoms with Crippen molar-refractivity contribution in [3.8, 4) is 5.75 Å². The van der Waals surface area contributed by atoms with Gasteiger partial charge in [0.1, 0.15) is 35.6 Å². The molecule has 2 aromatic rings. The molecule has 0 spiro atoms. The number of thioether (sulfide) groups is 1. The summed E-state index contributed by atoms with van der Waals surface area (Å²) in [5.41, 5.74) is 3.18. The first-order chi connectivity index (χ1) is 21.5. The Bertz CT molecular complexity index is 1530. The molecular weight excluding hydrogens is 630 g/mol. The predicted molar refractivity (Wildman–Crippen MR) is 162 cm³/mol. The van der Waals surface area contributed by atoms with E-state index in [1.54, 1.807) is 26.0 Å². The van der Waals surface area contributed by atoms with Gasteiger partial charge in [-0.25, -0.2) is 4.79 Å². The van der Waals surface area contributed by atoms with Gasteiger partial charge in [-0.1, -0.05) is 13.8 Å². The van der Waals surface area contributed by atoms with Gasteiger partial charge < -0.3 is 50.7 Å². The van der Waals surface area contributed by atoms with Crippen molar-refractivity contribution in [3.05, 3.63) is 40.2 Å². The van der Waals surface area contributed by atoms with Gasteiger partial charge in [-0.3, -0.25) is 24.0 Å². The van der Waals surface area contributed by atoms with Crippen molar-refractivity contribution >= 4 is 52.5 Å². The lowest BCUT2D eigenvalue weighted by atomic mass is 9.92. The average Bonchev–Trinajstić information content (AvgIpc) is 3.39. The average molecular weight is 668 g/mol. The number of nitrogens with two attached hydrogens (primary N) is 1. The highest BCUT2D eigenvalue weighted by molar-refractivity contribution is 8.00. The molecule has 17 heteroatoms. The Balaban J connectivity index is 1.76. The highest BCUT2D eigenvalue weighted by atomic mass is 32.2. The Morgan fingerprint density at radius 1 is 1.13 bits per heavy atom. The quantitative estimate of drug-likeness (QED) is 0.0880. The first-order valence-electron chi connectivity index (χ1n) is 14.2. The number of aliphatic hydroxyl groups excluding tert-OH is 1. The summed E-state index contributed by atoms with van der Waals surface area (Å²) in [5, 5.41) is 43.2. The Labute approximate surface area is 266 Å². The molecule has 3 rings (SSSR count). The number of esters is 1. The van der Waals surface area contributed by atoms with Crippen LogP contribution in [0.3, 0.4) is 0 Å². The molecule has 0 aliphatic carbocycles. The maximum Gasteiger partial charge on any atom is 0.336 e. The van der Waals surface area contributed by atoms with Crippen molar-refractivity contribution in [1.29, 1.82) is 0 Å². The molecule has 0 radical (unpaired) electrons. The van der Waals surface area contributed by atoms with E-state index in [2.05, 4.69) is 10.6 Å². The van der Waals surface area contributed by atoms with Crippen LogP contribution in [0.15, 0.2) is 33.5 Å². The Kier molecular flexibility index (Phi) is 12.1. The van der Waals surface area contributed by atoms with Crippen LogP contribution in [0, 0.1) is 5.92 Å². The van der Waals surface area contributed by atoms with Crippen molar-refractivity contribution < 1.29 is 58.3 Å². The molecule has 1 aliphatic rings. The van der Waals surface area contributed by atoms with E-state index in [4.69, 9.17) is 29.8 Å². The molecule has 0 fully saturated rings. The summed E-state index contributed by atoms with van der Waals surface area (Å²) >= 11 is 1.09. The van der Waals surface area contributed by atoms with Crippen molar-refractivity contribution in [2.75, 3.05) is 18.9 Å². The number of carboxylic acids is 2. The number of aliphatic hydroxyl groups is 2. The number of carbonyl (C=O) groups is 5. The van der Waals surface area contributed by atoms with E-state index in [1.807, 2.05) is 0 Å². The lowest BCUT2D eigenvalue weighted by Crippen LogP contribution is -2.50. The van der Waals surface area contributed by atoms with E-state index >= 15 is 0 Å². The van der Waals surface area contributed by atoms with Crippen molar-refractivity contribution in [3.63, 3.8) is 0 Å². The molecule has 2 amide bonds. The van der Waals surface area contributed by atoms with Crippen LogP contribution in [0.2, 0.25) is 0 Å². The zero-order valence-corrected chi connectivity index (χ0v) is 26.1. The molecule has 7 unspecified atom stereocenters. The highest BCUT2D eigenvalue weighted by Crippen LogP contribution is 2.46. The summed E-state index contributed by atoms with van der Waals surface area (Å²) in [7, 11) is 0.